The third-order valence-electron chi connectivity index (χ3n) is 4.75. The molecule has 1 heterocycles. The fourth-order valence-electron chi connectivity index (χ4n) is 3.37. The Hall–Kier alpha value is -1.95. The molecule has 3 rings (SSSR count). The van der Waals surface area contributed by atoms with Gasteiger partial charge in [0.1, 0.15) is 0 Å². The minimum Gasteiger partial charge on any atom is -0.455 e. The van der Waals surface area contributed by atoms with Gasteiger partial charge in [-0.1, -0.05) is 38.8 Å². The van der Waals surface area contributed by atoms with Crippen LogP contribution in [0.3, 0.4) is 0 Å². The van der Waals surface area contributed by atoms with Crippen molar-refractivity contribution in [2.45, 2.75) is 45.4 Å². The Morgan fingerprint density at radius 3 is 2.81 bits per heavy atom. The van der Waals surface area contributed by atoms with E-state index in [9.17, 15) is 9.59 Å². The summed E-state index contributed by atoms with van der Waals surface area (Å²) in [5.41, 5.74) is 0.984. The summed E-state index contributed by atoms with van der Waals surface area (Å²) in [6.07, 6.45) is 3.85. The Morgan fingerprint density at radius 2 is 2.04 bits per heavy atom. The topological polar surface area (TPSA) is 68.3 Å². The molecule has 1 aliphatic rings. The number of benzene rings is 1. The smallest absolute Gasteiger partial charge is 0.310 e. The van der Waals surface area contributed by atoms with Crippen LogP contribution in [0.25, 0.3) is 10.2 Å². The molecule has 5 nitrogen and oxygen atoms in total. The van der Waals surface area contributed by atoms with Gasteiger partial charge < -0.3 is 10.1 Å². The van der Waals surface area contributed by atoms with Gasteiger partial charge in [-0.05, 0) is 30.9 Å². The van der Waals surface area contributed by atoms with Gasteiger partial charge in [-0.2, -0.15) is 0 Å². The number of rotatable bonds is 6. The number of hydrogen-bond acceptors (Lipinski definition) is 5. The highest BCUT2D eigenvalue weighted by Gasteiger charge is 2.35. The molecule has 0 unspecified atom stereocenters. The number of thiazole rings is 1. The number of fused-ring (bicyclic) bond motifs is 1. The molecule has 2 atom stereocenters. The maximum Gasteiger partial charge on any atom is 0.310 e. The number of amides is 1. The molecule has 2 aromatic rings. The Kier molecular flexibility index (Phi) is 6.25. The number of carbonyl (C=O) groups is 2. The van der Waals surface area contributed by atoms with Crippen molar-refractivity contribution in [1.82, 2.24) is 10.3 Å². The molecule has 1 aromatic heterocycles. The SMILES string of the molecule is CC(C)CNC(=O)COC(=O)[C@@H]1CCCC[C@H]1c1nc2ccccc2s1. The number of hydrogen-bond donors (Lipinski definition) is 1. The van der Waals surface area contributed by atoms with Crippen LogP contribution < -0.4 is 5.32 Å². The van der Waals surface area contributed by atoms with Crippen LogP contribution in [0.5, 0.6) is 0 Å². The summed E-state index contributed by atoms with van der Waals surface area (Å²) >= 11 is 1.66. The third kappa shape index (κ3) is 4.61. The predicted octanol–water partition coefficient (Wildman–Crippen LogP) is 3.89. The summed E-state index contributed by atoms with van der Waals surface area (Å²) in [4.78, 5) is 29.2. The van der Waals surface area contributed by atoms with Crippen LogP contribution in [0, 0.1) is 11.8 Å². The van der Waals surface area contributed by atoms with E-state index in [4.69, 9.17) is 9.72 Å². The van der Waals surface area contributed by atoms with Crippen LogP contribution in [0.15, 0.2) is 24.3 Å². The molecule has 1 saturated carbocycles. The molecule has 1 amide bonds. The molecule has 1 N–H and O–H groups in total. The maximum atomic E-state index is 12.6. The second kappa shape index (κ2) is 8.62. The molecule has 0 spiro atoms. The van der Waals surface area contributed by atoms with Crippen molar-refractivity contribution in [2.24, 2.45) is 11.8 Å². The summed E-state index contributed by atoms with van der Waals surface area (Å²) in [7, 11) is 0. The lowest BCUT2D eigenvalue weighted by atomic mass is 9.79. The van der Waals surface area contributed by atoms with Crippen LogP contribution in [0.4, 0.5) is 0 Å². The number of para-hydroxylation sites is 1. The van der Waals surface area contributed by atoms with E-state index >= 15 is 0 Å². The number of esters is 1. The van der Waals surface area contributed by atoms with Gasteiger partial charge >= 0.3 is 5.97 Å². The van der Waals surface area contributed by atoms with Crippen LogP contribution in [-0.4, -0.2) is 30.0 Å². The summed E-state index contributed by atoms with van der Waals surface area (Å²) in [6, 6.07) is 8.05. The Morgan fingerprint density at radius 1 is 1.27 bits per heavy atom. The lowest BCUT2D eigenvalue weighted by molar-refractivity contribution is -0.154. The molecule has 140 valence electrons. The van der Waals surface area contributed by atoms with E-state index in [0.717, 1.165) is 40.9 Å². The summed E-state index contributed by atoms with van der Waals surface area (Å²) < 4.78 is 6.47. The number of ether oxygens (including phenoxy) is 1. The van der Waals surface area contributed by atoms with E-state index in [-0.39, 0.29) is 30.3 Å². The van der Waals surface area contributed by atoms with Crippen molar-refractivity contribution < 1.29 is 14.3 Å². The van der Waals surface area contributed by atoms with Gasteiger partial charge in [0.15, 0.2) is 6.61 Å². The quantitative estimate of drug-likeness (QED) is 0.779. The molecule has 1 aromatic carbocycles. The van der Waals surface area contributed by atoms with E-state index in [1.807, 2.05) is 32.0 Å². The van der Waals surface area contributed by atoms with Gasteiger partial charge in [-0.15, -0.1) is 11.3 Å². The molecular formula is C20H26N2O3S. The van der Waals surface area contributed by atoms with E-state index in [1.165, 1.54) is 0 Å². The van der Waals surface area contributed by atoms with Crippen molar-refractivity contribution in [3.8, 4) is 0 Å². The van der Waals surface area contributed by atoms with Gasteiger partial charge in [0.25, 0.3) is 5.91 Å². The number of carbonyl (C=O) groups excluding carboxylic acids is 2. The molecule has 0 saturated heterocycles. The lowest BCUT2D eigenvalue weighted by Gasteiger charge is -2.28. The minimum atomic E-state index is -0.270. The molecule has 6 heteroatoms. The highest BCUT2D eigenvalue weighted by molar-refractivity contribution is 7.18. The van der Waals surface area contributed by atoms with Gasteiger partial charge in [0, 0.05) is 12.5 Å². The van der Waals surface area contributed by atoms with Crippen molar-refractivity contribution in [2.75, 3.05) is 13.2 Å². The molecule has 0 radical (unpaired) electrons. The van der Waals surface area contributed by atoms with Crippen molar-refractivity contribution in [3.05, 3.63) is 29.3 Å². The van der Waals surface area contributed by atoms with Crippen molar-refractivity contribution >= 4 is 33.4 Å². The van der Waals surface area contributed by atoms with Gasteiger partial charge in [-0.25, -0.2) is 4.98 Å². The van der Waals surface area contributed by atoms with Crippen LogP contribution in [-0.2, 0) is 14.3 Å². The second-order valence-corrected chi connectivity index (χ2v) is 8.39. The first kappa shape index (κ1) is 18.8. The van der Waals surface area contributed by atoms with Crippen LogP contribution >= 0.6 is 11.3 Å². The summed E-state index contributed by atoms with van der Waals surface area (Å²) in [5, 5.41) is 3.79. The molecule has 26 heavy (non-hydrogen) atoms. The average molecular weight is 375 g/mol. The Balaban J connectivity index is 1.64. The maximum absolute atomic E-state index is 12.6. The molecule has 1 aliphatic carbocycles. The molecule has 1 fully saturated rings. The van der Waals surface area contributed by atoms with Crippen LogP contribution in [0.2, 0.25) is 0 Å². The number of aromatic nitrogens is 1. The summed E-state index contributed by atoms with van der Waals surface area (Å²) in [6.45, 7) is 4.44. The van der Waals surface area contributed by atoms with E-state index in [1.54, 1.807) is 11.3 Å². The number of nitrogens with zero attached hydrogens (tertiary/aromatic N) is 1. The number of nitrogens with one attached hydrogen (secondary N) is 1. The van der Waals surface area contributed by atoms with E-state index in [0.29, 0.717) is 12.5 Å². The molecular weight excluding hydrogens is 348 g/mol. The zero-order valence-electron chi connectivity index (χ0n) is 15.4. The van der Waals surface area contributed by atoms with Crippen molar-refractivity contribution in [1.29, 1.82) is 0 Å². The van der Waals surface area contributed by atoms with E-state index < -0.39 is 0 Å². The monoisotopic (exact) mass is 374 g/mol. The zero-order valence-corrected chi connectivity index (χ0v) is 16.2. The fourth-order valence-corrected chi connectivity index (χ4v) is 4.54. The van der Waals surface area contributed by atoms with Crippen LogP contribution in [0.1, 0.15) is 50.5 Å². The largest absolute Gasteiger partial charge is 0.455 e. The van der Waals surface area contributed by atoms with E-state index in [2.05, 4.69) is 11.4 Å². The normalized spacial score (nSPS) is 20.3. The first-order valence-electron chi connectivity index (χ1n) is 9.33. The van der Waals surface area contributed by atoms with Gasteiger partial charge in [0.05, 0.1) is 21.1 Å². The highest BCUT2D eigenvalue weighted by atomic mass is 32.1. The Labute approximate surface area is 158 Å². The lowest BCUT2D eigenvalue weighted by Crippen LogP contribution is -2.34. The standard InChI is InChI=1S/C20H26N2O3S/c1-13(2)11-21-18(23)12-25-20(24)15-8-4-3-7-14(15)19-22-16-9-5-6-10-17(16)26-19/h5-6,9-10,13-15H,3-4,7-8,11-12H2,1-2H3,(H,21,23)/t14-,15-/m1/s1. The third-order valence-corrected chi connectivity index (χ3v) is 5.92. The highest BCUT2D eigenvalue weighted by Crippen LogP contribution is 2.41. The van der Waals surface area contributed by atoms with Crippen molar-refractivity contribution in [3.63, 3.8) is 0 Å². The first-order valence-corrected chi connectivity index (χ1v) is 10.1. The average Bonchev–Trinajstić information content (AvgIpc) is 3.08. The molecule has 0 aliphatic heterocycles. The fraction of sp³-hybridized carbons (Fsp3) is 0.550. The van der Waals surface area contributed by atoms with Gasteiger partial charge in [-0.3, -0.25) is 9.59 Å². The minimum absolute atomic E-state index is 0.0902. The summed E-state index contributed by atoms with van der Waals surface area (Å²) in [5.74, 6) is -0.251. The Bertz CT molecular complexity index is 738. The predicted molar refractivity (Wildman–Crippen MR) is 103 cm³/mol. The first-order chi connectivity index (χ1) is 12.5. The zero-order chi connectivity index (χ0) is 18.5. The van der Waals surface area contributed by atoms with Gasteiger partial charge in [0.2, 0.25) is 0 Å². The second-order valence-electron chi connectivity index (χ2n) is 7.32. The molecule has 0 bridgehead atoms.